The molecule has 0 spiro atoms. The number of rotatable bonds is 5. The van der Waals surface area contributed by atoms with Crippen LogP contribution in [-0.2, 0) is 19.6 Å². The van der Waals surface area contributed by atoms with Gasteiger partial charge in [-0.1, -0.05) is 0 Å². The highest BCUT2D eigenvalue weighted by molar-refractivity contribution is 7.89. The summed E-state index contributed by atoms with van der Waals surface area (Å²) in [7, 11) is -1.90. The molecule has 2 aliphatic rings. The molecule has 7 nitrogen and oxygen atoms in total. The van der Waals surface area contributed by atoms with Crippen LogP contribution in [0.1, 0.15) is 19.3 Å². The maximum absolute atomic E-state index is 12.5. The maximum Gasteiger partial charge on any atom is 0.240 e. The molecule has 0 bridgehead atoms. The van der Waals surface area contributed by atoms with E-state index in [9.17, 15) is 13.2 Å². The van der Waals surface area contributed by atoms with E-state index in [0.29, 0.717) is 18.9 Å². The van der Waals surface area contributed by atoms with Gasteiger partial charge in [0.05, 0.1) is 19.0 Å². The Hall–Kier alpha value is -0.700. The molecule has 1 amide bonds. The van der Waals surface area contributed by atoms with E-state index in [1.807, 2.05) is 0 Å². The smallest absolute Gasteiger partial charge is 0.240 e. The molecule has 0 aliphatic carbocycles. The van der Waals surface area contributed by atoms with Crippen molar-refractivity contribution in [2.45, 2.75) is 25.3 Å². The van der Waals surface area contributed by atoms with Crippen molar-refractivity contribution < 1.29 is 17.9 Å². The van der Waals surface area contributed by atoms with Gasteiger partial charge in [0.25, 0.3) is 0 Å². The van der Waals surface area contributed by atoms with E-state index in [1.165, 1.54) is 11.4 Å². The van der Waals surface area contributed by atoms with Gasteiger partial charge in [-0.05, 0) is 38.3 Å². The van der Waals surface area contributed by atoms with Gasteiger partial charge in [0.1, 0.15) is 6.04 Å². The second-order valence-electron chi connectivity index (χ2n) is 5.61. The van der Waals surface area contributed by atoms with Crippen molar-refractivity contribution in [3.63, 3.8) is 0 Å². The number of piperidine rings is 1. The summed E-state index contributed by atoms with van der Waals surface area (Å²) >= 11 is 0. The molecule has 2 saturated heterocycles. The molecule has 2 heterocycles. The first-order valence-corrected chi connectivity index (χ1v) is 9.15. The Morgan fingerprint density at radius 3 is 2.76 bits per heavy atom. The second-order valence-corrected chi connectivity index (χ2v) is 7.65. The van der Waals surface area contributed by atoms with Crippen LogP contribution >= 0.6 is 0 Å². The van der Waals surface area contributed by atoms with Gasteiger partial charge < -0.3 is 15.4 Å². The lowest BCUT2D eigenvalue weighted by atomic mass is 9.96. The fourth-order valence-corrected chi connectivity index (χ4v) is 4.66. The van der Waals surface area contributed by atoms with E-state index < -0.39 is 16.1 Å². The number of carbonyl (C=O) groups is 1. The minimum atomic E-state index is -3.41. The monoisotopic (exact) mass is 319 g/mol. The number of sulfonamides is 1. The van der Waals surface area contributed by atoms with Crippen LogP contribution in [0.25, 0.3) is 0 Å². The molecule has 0 radical (unpaired) electrons. The molecule has 0 aromatic heterocycles. The molecule has 2 aliphatic heterocycles. The van der Waals surface area contributed by atoms with Gasteiger partial charge in [0, 0.05) is 13.6 Å². The number of nitrogens with zero attached hydrogens (tertiary/aromatic N) is 1. The highest BCUT2D eigenvalue weighted by Crippen LogP contribution is 2.20. The molecular weight excluding hydrogens is 294 g/mol. The lowest BCUT2D eigenvalue weighted by Gasteiger charge is -2.33. The average Bonchev–Trinajstić information content (AvgIpc) is 2.53. The molecule has 1 atom stereocenters. The summed E-state index contributed by atoms with van der Waals surface area (Å²) in [6.45, 7) is 2.66. The van der Waals surface area contributed by atoms with Gasteiger partial charge in [-0.2, -0.15) is 4.31 Å². The number of nitrogens with one attached hydrogen (secondary N) is 2. The zero-order valence-corrected chi connectivity index (χ0v) is 13.3. The van der Waals surface area contributed by atoms with Gasteiger partial charge in [-0.15, -0.1) is 0 Å². The van der Waals surface area contributed by atoms with Gasteiger partial charge >= 0.3 is 0 Å². The molecule has 21 heavy (non-hydrogen) atoms. The van der Waals surface area contributed by atoms with Crippen molar-refractivity contribution in [2.24, 2.45) is 5.92 Å². The van der Waals surface area contributed by atoms with Crippen LogP contribution in [0.4, 0.5) is 0 Å². The fraction of sp³-hybridized carbons (Fsp3) is 0.923. The summed E-state index contributed by atoms with van der Waals surface area (Å²) < 4.78 is 31.6. The van der Waals surface area contributed by atoms with Gasteiger partial charge in [-0.3, -0.25) is 4.79 Å². The van der Waals surface area contributed by atoms with Crippen LogP contribution in [0.3, 0.4) is 0 Å². The number of hydrogen-bond acceptors (Lipinski definition) is 5. The standard InChI is InChI=1S/C13H25N3O4S/c1-14-13(17)12-10-20-8-7-16(12)21(18,19)9-4-11-2-5-15-6-3-11/h11-12,15H,2-10H2,1H3,(H,14,17). The third-order valence-electron chi connectivity index (χ3n) is 4.23. The topological polar surface area (TPSA) is 87.7 Å². The van der Waals surface area contributed by atoms with Gasteiger partial charge in [0.2, 0.25) is 15.9 Å². The van der Waals surface area contributed by atoms with E-state index in [1.54, 1.807) is 0 Å². The minimum Gasteiger partial charge on any atom is -0.378 e. The normalized spacial score (nSPS) is 25.7. The van der Waals surface area contributed by atoms with E-state index >= 15 is 0 Å². The number of hydrogen-bond donors (Lipinski definition) is 2. The largest absolute Gasteiger partial charge is 0.378 e. The molecule has 0 aromatic rings. The molecular formula is C13H25N3O4S. The number of carbonyl (C=O) groups excluding carboxylic acids is 1. The first kappa shape index (κ1) is 16.7. The highest BCUT2D eigenvalue weighted by atomic mass is 32.2. The molecule has 2 N–H and O–H groups in total. The van der Waals surface area contributed by atoms with Gasteiger partial charge in [0.15, 0.2) is 0 Å². The summed E-state index contributed by atoms with van der Waals surface area (Å²) in [5.41, 5.74) is 0. The van der Waals surface area contributed by atoms with Crippen LogP contribution < -0.4 is 10.6 Å². The SMILES string of the molecule is CNC(=O)C1COCCN1S(=O)(=O)CCC1CCNCC1. The van der Waals surface area contributed by atoms with Crippen molar-refractivity contribution in [2.75, 3.05) is 45.6 Å². The van der Waals surface area contributed by atoms with Crippen molar-refractivity contribution in [1.82, 2.24) is 14.9 Å². The van der Waals surface area contributed by atoms with Crippen molar-refractivity contribution in [3.8, 4) is 0 Å². The number of ether oxygens (including phenoxy) is 1. The molecule has 8 heteroatoms. The Kier molecular flexibility index (Phi) is 5.98. The predicted molar refractivity (Wildman–Crippen MR) is 79.4 cm³/mol. The first-order chi connectivity index (χ1) is 10.0. The van der Waals surface area contributed by atoms with E-state index in [2.05, 4.69) is 10.6 Å². The predicted octanol–water partition coefficient (Wildman–Crippen LogP) is -0.847. The zero-order chi connectivity index (χ0) is 15.3. The summed E-state index contributed by atoms with van der Waals surface area (Å²) in [6.07, 6.45) is 2.72. The molecule has 2 fully saturated rings. The molecule has 0 aromatic carbocycles. The van der Waals surface area contributed by atoms with Crippen molar-refractivity contribution >= 4 is 15.9 Å². The number of amides is 1. The van der Waals surface area contributed by atoms with E-state index in [0.717, 1.165) is 25.9 Å². The number of likely N-dealkylation sites (N-methyl/N-ethyl adjacent to an activating group) is 1. The lowest BCUT2D eigenvalue weighted by molar-refractivity contribution is -0.128. The van der Waals surface area contributed by atoms with Crippen LogP contribution in [0, 0.1) is 5.92 Å². The van der Waals surface area contributed by atoms with E-state index in [-0.39, 0.29) is 24.8 Å². The summed E-state index contributed by atoms with van der Waals surface area (Å²) in [6, 6.07) is -0.734. The van der Waals surface area contributed by atoms with Crippen LogP contribution in [0.15, 0.2) is 0 Å². The minimum absolute atomic E-state index is 0.116. The number of morpholine rings is 1. The molecule has 0 saturated carbocycles. The summed E-state index contributed by atoms with van der Waals surface area (Å²) in [5, 5.41) is 5.78. The summed E-state index contributed by atoms with van der Waals surface area (Å²) in [5.74, 6) is 0.270. The Bertz CT molecular complexity index is 448. The quantitative estimate of drug-likeness (QED) is 0.689. The third-order valence-corrected chi connectivity index (χ3v) is 6.13. The maximum atomic E-state index is 12.5. The van der Waals surface area contributed by atoms with Crippen LogP contribution in [0.5, 0.6) is 0 Å². The van der Waals surface area contributed by atoms with Gasteiger partial charge in [-0.25, -0.2) is 8.42 Å². The second kappa shape index (κ2) is 7.53. The molecule has 2 rings (SSSR count). The molecule has 122 valence electrons. The third kappa shape index (κ3) is 4.38. The highest BCUT2D eigenvalue weighted by Gasteiger charge is 2.37. The van der Waals surface area contributed by atoms with E-state index in [4.69, 9.17) is 4.74 Å². The Labute approximate surface area is 126 Å². The van der Waals surface area contributed by atoms with Crippen LogP contribution in [0.2, 0.25) is 0 Å². The fourth-order valence-electron chi connectivity index (χ4n) is 2.90. The zero-order valence-electron chi connectivity index (χ0n) is 12.5. The summed E-state index contributed by atoms with van der Waals surface area (Å²) in [4.78, 5) is 11.8. The van der Waals surface area contributed by atoms with Crippen molar-refractivity contribution in [3.05, 3.63) is 0 Å². The Morgan fingerprint density at radius 2 is 2.10 bits per heavy atom. The molecule has 1 unspecified atom stereocenters. The van der Waals surface area contributed by atoms with Crippen molar-refractivity contribution in [1.29, 1.82) is 0 Å². The van der Waals surface area contributed by atoms with Crippen LogP contribution in [-0.4, -0.2) is 70.3 Å². The Morgan fingerprint density at radius 1 is 1.38 bits per heavy atom. The average molecular weight is 319 g/mol. The first-order valence-electron chi connectivity index (χ1n) is 7.54. The Balaban J connectivity index is 1.96. The lowest BCUT2D eigenvalue weighted by Crippen LogP contribution is -2.55.